The molecule has 0 bridgehead atoms. The first-order valence-electron chi connectivity index (χ1n) is 8.40. The van der Waals surface area contributed by atoms with Gasteiger partial charge in [0.1, 0.15) is 11.5 Å². The summed E-state index contributed by atoms with van der Waals surface area (Å²) in [5.74, 6) is 0.869. The van der Waals surface area contributed by atoms with Gasteiger partial charge in [0.2, 0.25) is 0 Å². The predicted octanol–water partition coefficient (Wildman–Crippen LogP) is 2.05. The molecule has 4 heterocycles. The van der Waals surface area contributed by atoms with Crippen molar-refractivity contribution in [2.75, 3.05) is 6.54 Å². The molecule has 0 saturated heterocycles. The fourth-order valence-corrected chi connectivity index (χ4v) is 3.33. The third-order valence-corrected chi connectivity index (χ3v) is 4.63. The van der Waals surface area contributed by atoms with Crippen molar-refractivity contribution in [1.29, 1.82) is 0 Å². The minimum Gasteiger partial charge on any atom is -0.327 e. The topological polar surface area (TPSA) is 68.8 Å². The van der Waals surface area contributed by atoms with Gasteiger partial charge in [-0.1, -0.05) is 6.07 Å². The van der Waals surface area contributed by atoms with E-state index in [1.165, 1.54) is 0 Å². The van der Waals surface area contributed by atoms with Crippen molar-refractivity contribution < 1.29 is 4.79 Å². The van der Waals surface area contributed by atoms with Gasteiger partial charge in [-0.25, -0.2) is 9.97 Å². The lowest BCUT2D eigenvalue weighted by atomic mass is 10.1. The van der Waals surface area contributed by atoms with Crippen LogP contribution in [0.3, 0.4) is 0 Å². The van der Waals surface area contributed by atoms with E-state index >= 15 is 0 Å². The number of pyridine rings is 1. The van der Waals surface area contributed by atoms with Gasteiger partial charge >= 0.3 is 0 Å². The summed E-state index contributed by atoms with van der Waals surface area (Å²) in [7, 11) is 0. The SMILES string of the molecule is Cc1cccc(C(=O)N2CCn3c(Cn4cccn4)cnc3[C@@H]2C)n1. The van der Waals surface area contributed by atoms with E-state index in [0.29, 0.717) is 18.8 Å². The van der Waals surface area contributed by atoms with Crippen molar-refractivity contribution in [2.24, 2.45) is 0 Å². The Kier molecular flexibility index (Phi) is 3.83. The molecule has 0 saturated carbocycles. The number of aromatic nitrogens is 5. The highest BCUT2D eigenvalue weighted by Gasteiger charge is 2.31. The van der Waals surface area contributed by atoms with Crippen LogP contribution in [-0.2, 0) is 13.1 Å². The summed E-state index contributed by atoms with van der Waals surface area (Å²) in [6, 6.07) is 7.35. The average molecular weight is 336 g/mol. The largest absolute Gasteiger partial charge is 0.327 e. The summed E-state index contributed by atoms with van der Waals surface area (Å²) < 4.78 is 4.07. The zero-order valence-corrected chi connectivity index (χ0v) is 14.3. The fraction of sp³-hybridized carbons (Fsp3) is 0.333. The molecule has 0 unspecified atom stereocenters. The van der Waals surface area contributed by atoms with E-state index in [2.05, 4.69) is 19.6 Å². The van der Waals surface area contributed by atoms with Crippen molar-refractivity contribution in [3.63, 3.8) is 0 Å². The van der Waals surface area contributed by atoms with Crippen LogP contribution in [0.5, 0.6) is 0 Å². The summed E-state index contributed by atoms with van der Waals surface area (Å²) in [5, 5.41) is 4.25. The van der Waals surface area contributed by atoms with Crippen molar-refractivity contribution in [1.82, 2.24) is 29.2 Å². The lowest BCUT2D eigenvalue weighted by Gasteiger charge is -2.34. The first kappa shape index (κ1) is 15.6. The zero-order valence-electron chi connectivity index (χ0n) is 14.3. The first-order chi connectivity index (χ1) is 12.1. The Bertz CT molecular complexity index is 898. The van der Waals surface area contributed by atoms with Crippen LogP contribution in [0.1, 0.15) is 40.7 Å². The predicted molar refractivity (Wildman–Crippen MR) is 92.0 cm³/mol. The van der Waals surface area contributed by atoms with Crippen molar-refractivity contribution in [3.8, 4) is 0 Å². The average Bonchev–Trinajstić information content (AvgIpc) is 3.26. The Morgan fingerprint density at radius 1 is 1.28 bits per heavy atom. The third kappa shape index (κ3) is 2.82. The van der Waals surface area contributed by atoms with E-state index in [4.69, 9.17) is 0 Å². The summed E-state index contributed by atoms with van der Waals surface area (Å²) in [6.45, 7) is 5.97. The Balaban J connectivity index is 1.58. The normalized spacial score (nSPS) is 16.7. The van der Waals surface area contributed by atoms with Gasteiger partial charge in [0, 0.05) is 31.2 Å². The molecule has 3 aromatic heterocycles. The highest BCUT2D eigenvalue weighted by atomic mass is 16.2. The van der Waals surface area contributed by atoms with Gasteiger partial charge in [-0.15, -0.1) is 0 Å². The van der Waals surface area contributed by atoms with Crippen LogP contribution >= 0.6 is 0 Å². The molecule has 1 aliphatic rings. The van der Waals surface area contributed by atoms with Gasteiger partial charge in [-0.3, -0.25) is 9.48 Å². The molecule has 1 aliphatic heterocycles. The second-order valence-electron chi connectivity index (χ2n) is 6.30. The Labute approximate surface area is 145 Å². The van der Waals surface area contributed by atoms with Crippen LogP contribution in [0, 0.1) is 6.92 Å². The quantitative estimate of drug-likeness (QED) is 0.734. The Morgan fingerprint density at radius 2 is 2.16 bits per heavy atom. The second kappa shape index (κ2) is 6.16. The molecule has 0 N–H and O–H groups in total. The molecular weight excluding hydrogens is 316 g/mol. The Hall–Kier alpha value is -2.96. The zero-order chi connectivity index (χ0) is 17.4. The van der Waals surface area contributed by atoms with E-state index in [1.807, 2.05) is 54.0 Å². The van der Waals surface area contributed by atoms with E-state index in [1.54, 1.807) is 12.3 Å². The minimum absolute atomic E-state index is 0.0425. The Morgan fingerprint density at radius 3 is 2.92 bits per heavy atom. The highest BCUT2D eigenvalue weighted by molar-refractivity contribution is 5.92. The second-order valence-corrected chi connectivity index (χ2v) is 6.30. The van der Waals surface area contributed by atoms with Crippen LogP contribution in [-0.4, -0.2) is 41.7 Å². The van der Waals surface area contributed by atoms with Crippen molar-refractivity contribution >= 4 is 5.91 Å². The van der Waals surface area contributed by atoms with E-state index in [0.717, 1.165) is 23.8 Å². The number of carbonyl (C=O) groups is 1. The smallest absolute Gasteiger partial charge is 0.273 e. The monoisotopic (exact) mass is 336 g/mol. The number of aryl methyl sites for hydroxylation is 1. The summed E-state index contributed by atoms with van der Waals surface area (Å²) in [5.41, 5.74) is 2.44. The summed E-state index contributed by atoms with van der Waals surface area (Å²) in [4.78, 5) is 23.6. The van der Waals surface area contributed by atoms with Crippen LogP contribution in [0.4, 0.5) is 0 Å². The van der Waals surface area contributed by atoms with Crippen LogP contribution in [0.25, 0.3) is 0 Å². The number of hydrogen-bond donors (Lipinski definition) is 0. The molecule has 0 spiro atoms. The molecule has 0 aromatic carbocycles. The van der Waals surface area contributed by atoms with Gasteiger partial charge in [0.05, 0.1) is 24.5 Å². The van der Waals surface area contributed by atoms with Crippen LogP contribution < -0.4 is 0 Å². The number of imidazole rings is 1. The fourth-order valence-electron chi connectivity index (χ4n) is 3.33. The van der Waals surface area contributed by atoms with Crippen molar-refractivity contribution in [3.05, 3.63) is 65.8 Å². The first-order valence-corrected chi connectivity index (χ1v) is 8.40. The van der Waals surface area contributed by atoms with Crippen LogP contribution in [0.15, 0.2) is 42.9 Å². The number of carbonyl (C=O) groups excluding carboxylic acids is 1. The maximum absolute atomic E-state index is 12.8. The molecule has 0 aliphatic carbocycles. The summed E-state index contributed by atoms with van der Waals surface area (Å²) >= 11 is 0. The molecule has 7 nitrogen and oxygen atoms in total. The molecule has 1 amide bonds. The van der Waals surface area contributed by atoms with E-state index in [9.17, 15) is 4.79 Å². The van der Waals surface area contributed by atoms with Gasteiger partial charge in [-0.05, 0) is 32.0 Å². The minimum atomic E-state index is -0.0880. The molecule has 4 rings (SSSR count). The maximum Gasteiger partial charge on any atom is 0.273 e. The molecule has 7 heteroatoms. The number of rotatable bonds is 3. The van der Waals surface area contributed by atoms with E-state index < -0.39 is 0 Å². The highest BCUT2D eigenvalue weighted by Crippen LogP contribution is 2.26. The molecule has 25 heavy (non-hydrogen) atoms. The van der Waals surface area contributed by atoms with Gasteiger partial charge in [0.15, 0.2) is 0 Å². The molecule has 1 atom stereocenters. The lowest BCUT2D eigenvalue weighted by molar-refractivity contribution is 0.0629. The number of hydrogen-bond acceptors (Lipinski definition) is 4. The van der Waals surface area contributed by atoms with Gasteiger partial charge in [0.25, 0.3) is 5.91 Å². The lowest BCUT2D eigenvalue weighted by Crippen LogP contribution is -2.42. The standard InChI is InChI=1S/C18H20N6O/c1-13-5-3-6-16(21-13)18(25)23-9-10-24-15(11-19-17(24)14(23)2)12-22-8-4-7-20-22/h3-8,11,14H,9-10,12H2,1-2H3/t14-/m0/s1. The summed E-state index contributed by atoms with van der Waals surface area (Å²) in [6.07, 6.45) is 5.59. The maximum atomic E-state index is 12.8. The molecule has 0 radical (unpaired) electrons. The molecule has 3 aromatic rings. The number of nitrogens with zero attached hydrogens (tertiary/aromatic N) is 6. The van der Waals surface area contributed by atoms with Crippen LogP contribution in [0.2, 0.25) is 0 Å². The number of fused-ring (bicyclic) bond motifs is 1. The third-order valence-electron chi connectivity index (χ3n) is 4.63. The van der Waals surface area contributed by atoms with Gasteiger partial charge < -0.3 is 9.47 Å². The molecular formula is C18H20N6O. The van der Waals surface area contributed by atoms with E-state index in [-0.39, 0.29) is 11.9 Å². The van der Waals surface area contributed by atoms with Crippen molar-refractivity contribution in [2.45, 2.75) is 33.0 Å². The molecule has 128 valence electrons. The number of amides is 1. The van der Waals surface area contributed by atoms with Gasteiger partial charge in [-0.2, -0.15) is 5.10 Å². The molecule has 0 fully saturated rings.